The topological polar surface area (TPSA) is 66.4 Å². The molecule has 0 aromatic carbocycles. The lowest BCUT2D eigenvalue weighted by Gasteiger charge is -2.08. The van der Waals surface area contributed by atoms with E-state index in [0.29, 0.717) is 13.0 Å². The van der Waals surface area contributed by atoms with Crippen LogP contribution in [-0.4, -0.2) is 23.5 Å². The molecule has 0 aliphatic carbocycles. The summed E-state index contributed by atoms with van der Waals surface area (Å²) in [5, 5.41) is 11.2. The molecule has 1 amide bonds. The number of carboxylic acid groups (broad SMARTS) is 1. The number of amides is 1. The zero-order valence-corrected chi connectivity index (χ0v) is 6.88. The highest BCUT2D eigenvalue weighted by Crippen LogP contribution is 2.15. The summed E-state index contributed by atoms with van der Waals surface area (Å²) in [6.07, 6.45) is 2.57. The standard InChI is InChI=1S/C8H13NO3/c10-7(11)5-6-3-1-2-4-9-8(6)12/h6H,1-5H2,(H,9,12)(H,10,11)/t6-/m1/s1. The van der Waals surface area contributed by atoms with Crippen molar-refractivity contribution in [2.75, 3.05) is 6.54 Å². The fraction of sp³-hybridized carbons (Fsp3) is 0.750. The van der Waals surface area contributed by atoms with Crippen LogP contribution in [0, 0.1) is 5.92 Å². The Hall–Kier alpha value is -1.06. The van der Waals surface area contributed by atoms with E-state index in [0.717, 1.165) is 12.8 Å². The molecule has 1 aliphatic rings. The molecule has 4 heteroatoms. The van der Waals surface area contributed by atoms with Crippen molar-refractivity contribution in [3.8, 4) is 0 Å². The lowest BCUT2D eigenvalue weighted by Crippen LogP contribution is -2.30. The molecule has 1 aliphatic heterocycles. The van der Waals surface area contributed by atoms with Gasteiger partial charge in [0.15, 0.2) is 0 Å². The van der Waals surface area contributed by atoms with Crippen LogP contribution in [0.25, 0.3) is 0 Å². The van der Waals surface area contributed by atoms with E-state index in [4.69, 9.17) is 5.11 Å². The molecule has 0 unspecified atom stereocenters. The fourth-order valence-corrected chi connectivity index (χ4v) is 1.41. The summed E-state index contributed by atoms with van der Waals surface area (Å²) >= 11 is 0. The summed E-state index contributed by atoms with van der Waals surface area (Å²) < 4.78 is 0. The molecule has 1 rings (SSSR count). The second-order valence-corrected chi connectivity index (χ2v) is 3.08. The third-order valence-electron chi connectivity index (χ3n) is 2.07. The number of hydrogen-bond acceptors (Lipinski definition) is 2. The molecular formula is C8H13NO3. The van der Waals surface area contributed by atoms with Gasteiger partial charge in [-0.15, -0.1) is 0 Å². The Morgan fingerprint density at radius 2 is 2.33 bits per heavy atom. The first-order chi connectivity index (χ1) is 5.70. The van der Waals surface area contributed by atoms with E-state index in [-0.39, 0.29) is 18.2 Å². The summed E-state index contributed by atoms with van der Waals surface area (Å²) in [4.78, 5) is 21.5. The average molecular weight is 171 g/mol. The minimum Gasteiger partial charge on any atom is -0.481 e. The monoisotopic (exact) mass is 171 g/mol. The van der Waals surface area contributed by atoms with Gasteiger partial charge in [0.1, 0.15) is 0 Å². The summed E-state index contributed by atoms with van der Waals surface area (Å²) in [6, 6.07) is 0. The summed E-state index contributed by atoms with van der Waals surface area (Å²) in [7, 11) is 0. The molecule has 2 N–H and O–H groups in total. The minimum absolute atomic E-state index is 0.0359. The molecular weight excluding hydrogens is 158 g/mol. The van der Waals surface area contributed by atoms with E-state index in [2.05, 4.69) is 5.32 Å². The molecule has 0 radical (unpaired) electrons. The van der Waals surface area contributed by atoms with Gasteiger partial charge in [0.25, 0.3) is 0 Å². The van der Waals surface area contributed by atoms with E-state index >= 15 is 0 Å². The molecule has 0 aromatic heterocycles. The second-order valence-electron chi connectivity index (χ2n) is 3.08. The highest BCUT2D eigenvalue weighted by molar-refractivity contribution is 5.83. The largest absolute Gasteiger partial charge is 0.481 e. The molecule has 1 heterocycles. The highest BCUT2D eigenvalue weighted by atomic mass is 16.4. The van der Waals surface area contributed by atoms with Gasteiger partial charge >= 0.3 is 5.97 Å². The normalized spacial score (nSPS) is 24.3. The number of aliphatic carboxylic acids is 1. The van der Waals surface area contributed by atoms with E-state index in [1.807, 2.05) is 0 Å². The molecule has 0 aromatic rings. The van der Waals surface area contributed by atoms with Gasteiger partial charge in [-0.25, -0.2) is 0 Å². The van der Waals surface area contributed by atoms with Gasteiger partial charge in [-0.2, -0.15) is 0 Å². The molecule has 0 saturated carbocycles. The molecule has 0 spiro atoms. The van der Waals surface area contributed by atoms with Crippen molar-refractivity contribution in [3.05, 3.63) is 0 Å². The zero-order chi connectivity index (χ0) is 8.97. The van der Waals surface area contributed by atoms with E-state index in [1.54, 1.807) is 0 Å². The van der Waals surface area contributed by atoms with Gasteiger partial charge in [0, 0.05) is 12.5 Å². The molecule has 1 fully saturated rings. The maximum absolute atomic E-state index is 11.2. The average Bonchev–Trinajstić information content (AvgIpc) is 2.16. The predicted octanol–water partition coefficient (Wildman–Crippen LogP) is 0.377. The second kappa shape index (κ2) is 4.09. The van der Waals surface area contributed by atoms with Crippen molar-refractivity contribution in [2.24, 2.45) is 5.92 Å². The Labute approximate surface area is 71.0 Å². The van der Waals surface area contributed by atoms with Crippen LogP contribution in [0.3, 0.4) is 0 Å². The Bertz CT molecular complexity index is 191. The predicted molar refractivity (Wildman–Crippen MR) is 42.6 cm³/mol. The number of rotatable bonds is 2. The first-order valence-corrected chi connectivity index (χ1v) is 4.19. The van der Waals surface area contributed by atoms with Gasteiger partial charge in [-0.05, 0) is 12.8 Å². The molecule has 1 saturated heterocycles. The van der Waals surface area contributed by atoms with Gasteiger partial charge in [0.2, 0.25) is 5.91 Å². The summed E-state index contributed by atoms with van der Waals surface area (Å²) in [5.41, 5.74) is 0. The SMILES string of the molecule is O=C(O)C[C@H]1CCCCNC1=O. The summed E-state index contributed by atoms with van der Waals surface area (Å²) in [6.45, 7) is 0.689. The first-order valence-electron chi connectivity index (χ1n) is 4.19. The lowest BCUT2D eigenvalue weighted by molar-refractivity contribution is -0.141. The lowest BCUT2D eigenvalue weighted by atomic mass is 9.99. The third-order valence-corrected chi connectivity index (χ3v) is 2.07. The molecule has 4 nitrogen and oxygen atoms in total. The number of hydrogen-bond donors (Lipinski definition) is 2. The Balaban J connectivity index is 2.47. The number of carbonyl (C=O) groups is 2. The van der Waals surface area contributed by atoms with Gasteiger partial charge in [-0.1, -0.05) is 6.42 Å². The van der Waals surface area contributed by atoms with Gasteiger partial charge in [0.05, 0.1) is 6.42 Å². The van der Waals surface area contributed by atoms with Crippen molar-refractivity contribution in [1.82, 2.24) is 5.32 Å². The van der Waals surface area contributed by atoms with E-state index < -0.39 is 5.97 Å². The maximum atomic E-state index is 11.2. The zero-order valence-electron chi connectivity index (χ0n) is 6.88. The van der Waals surface area contributed by atoms with Crippen LogP contribution in [0.1, 0.15) is 25.7 Å². The van der Waals surface area contributed by atoms with Crippen LogP contribution in [0.15, 0.2) is 0 Å². The van der Waals surface area contributed by atoms with Crippen molar-refractivity contribution >= 4 is 11.9 Å². The van der Waals surface area contributed by atoms with Crippen LogP contribution in [0.4, 0.5) is 0 Å². The van der Waals surface area contributed by atoms with Crippen LogP contribution in [-0.2, 0) is 9.59 Å². The molecule has 12 heavy (non-hydrogen) atoms. The van der Waals surface area contributed by atoms with Crippen molar-refractivity contribution in [3.63, 3.8) is 0 Å². The van der Waals surface area contributed by atoms with E-state index in [9.17, 15) is 9.59 Å². The minimum atomic E-state index is -0.892. The smallest absolute Gasteiger partial charge is 0.304 e. The number of carboxylic acids is 1. The van der Waals surface area contributed by atoms with Crippen molar-refractivity contribution in [1.29, 1.82) is 0 Å². The highest BCUT2D eigenvalue weighted by Gasteiger charge is 2.22. The van der Waals surface area contributed by atoms with Gasteiger partial charge < -0.3 is 10.4 Å². The Kier molecular flexibility index (Phi) is 3.08. The van der Waals surface area contributed by atoms with Crippen LogP contribution in [0.2, 0.25) is 0 Å². The van der Waals surface area contributed by atoms with Crippen molar-refractivity contribution in [2.45, 2.75) is 25.7 Å². The fourth-order valence-electron chi connectivity index (χ4n) is 1.41. The maximum Gasteiger partial charge on any atom is 0.304 e. The van der Waals surface area contributed by atoms with Crippen LogP contribution >= 0.6 is 0 Å². The molecule has 68 valence electrons. The van der Waals surface area contributed by atoms with Crippen molar-refractivity contribution < 1.29 is 14.7 Å². The van der Waals surface area contributed by atoms with Crippen LogP contribution in [0.5, 0.6) is 0 Å². The van der Waals surface area contributed by atoms with Gasteiger partial charge in [-0.3, -0.25) is 9.59 Å². The quantitative estimate of drug-likeness (QED) is 0.631. The third kappa shape index (κ3) is 2.53. The van der Waals surface area contributed by atoms with E-state index in [1.165, 1.54) is 0 Å². The summed E-state index contributed by atoms with van der Waals surface area (Å²) in [5.74, 6) is -1.31. The Morgan fingerprint density at radius 1 is 1.58 bits per heavy atom. The number of nitrogens with one attached hydrogen (secondary N) is 1. The molecule has 1 atom stereocenters. The first kappa shape index (κ1) is 9.03. The Morgan fingerprint density at radius 3 is 3.00 bits per heavy atom. The molecule has 0 bridgehead atoms. The van der Waals surface area contributed by atoms with Crippen LogP contribution < -0.4 is 5.32 Å². The number of carbonyl (C=O) groups excluding carboxylic acids is 1.